The lowest BCUT2D eigenvalue weighted by Crippen LogP contribution is -2.53. The Balaban J connectivity index is 2.24. The molecule has 2 N–H and O–H groups in total. The minimum atomic E-state index is -5.05. The summed E-state index contributed by atoms with van der Waals surface area (Å²) in [4.78, 5) is 4.85. The molecule has 0 amide bonds. The van der Waals surface area contributed by atoms with Gasteiger partial charge in [0.2, 0.25) is 5.72 Å². The lowest BCUT2D eigenvalue weighted by Gasteiger charge is -2.49. The maximum Gasteiger partial charge on any atom is 0.423 e. The van der Waals surface area contributed by atoms with Crippen LogP contribution in [0.25, 0.3) is 20.9 Å². The van der Waals surface area contributed by atoms with E-state index in [1.54, 1.807) is 0 Å². The van der Waals surface area contributed by atoms with Crippen LogP contribution < -0.4 is 0 Å². The second-order valence-corrected chi connectivity index (χ2v) is 7.17. The molecule has 2 fully saturated rings. The van der Waals surface area contributed by atoms with Crippen LogP contribution in [0.15, 0.2) is 10.2 Å². The third-order valence-electron chi connectivity index (χ3n) is 5.78. The molecule has 6 unspecified atom stereocenters. The topological polar surface area (TPSA) is 138 Å². The van der Waals surface area contributed by atoms with Crippen molar-refractivity contribution in [1.29, 1.82) is 0 Å². The van der Waals surface area contributed by atoms with Gasteiger partial charge in [0, 0.05) is 15.7 Å². The van der Waals surface area contributed by atoms with Crippen LogP contribution in [0.2, 0.25) is 0 Å². The standard InChI is InChI=1S/C14H21F3N6O2/c1-12(24,20-22-18)11-4-2-3-8-7-9(5-6-10(8)11)13(25,21-23-19)14(15,16)17/h8-11,24-25H,2-7H2,1H3. The Kier molecular flexibility index (Phi) is 5.44. The van der Waals surface area contributed by atoms with Gasteiger partial charge in [-0.25, -0.2) is 0 Å². The summed E-state index contributed by atoms with van der Waals surface area (Å²) in [5.41, 5.74) is 12.0. The third-order valence-corrected chi connectivity index (χ3v) is 5.78. The van der Waals surface area contributed by atoms with E-state index in [2.05, 4.69) is 20.1 Å². The van der Waals surface area contributed by atoms with E-state index in [9.17, 15) is 23.4 Å². The van der Waals surface area contributed by atoms with Gasteiger partial charge in [0.15, 0.2) is 0 Å². The highest BCUT2D eigenvalue weighted by Gasteiger charge is 2.60. The van der Waals surface area contributed by atoms with Crippen LogP contribution in [0.1, 0.15) is 45.4 Å². The molecule has 0 bridgehead atoms. The number of alkyl halides is 3. The maximum absolute atomic E-state index is 13.3. The summed E-state index contributed by atoms with van der Waals surface area (Å²) in [6, 6.07) is 0. The molecule has 2 aliphatic rings. The van der Waals surface area contributed by atoms with Gasteiger partial charge in [0.05, 0.1) is 0 Å². The molecule has 0 aromatic rings. The van der Waals surface area contributed by atoms with E-state index in [4.69, 9.17) is 11.1 Å². The second-order valence-electron chi connectivity index (χ2n) is 7.17. The van der Waals surface area contributed by atoms with Gasteiger partial charge in [-0.3, -0.25) is 0 Å². The molecule has 140 valence electrons. The number of nitrogens with zero attached hydrogens (tertiary/aromatic N) is 6. The zero-order valence-corrected chi connectivity index (χ0v) is 13.8. The fourth-order valence-corrected chi connectivity index (χ4v) is 4.61. The van der Waals surface area contributed by atoms with E-state index < -0.39 is 23.5 Å². The monoisotopic (exact) mass is 362 g/mol. The van der Waals surface area contributed by atoms with Crippen molar-refractivity contribution in [1.82, 2.24) is 0 Å². The number of halogens is 3. The number of rotatable bonds is 4. The van der Waals surface area contributed by atoms with E-state index in [1.165, 1.54) is 6.92 Å². The number of aliphatic hydroxyl groups is 2. The predicted octanol–water partition coefficient (Wildman–Crippen LogP) is 4.40. The first-order valence-electron chi connectivity index (χ1n) is 8.20. The Labute approximate surface area is 142 Å². The highest BCUT2D eigenvalue weighted by Crippen LogP contribution is 2.53. The lowest BCUT2D eigenvalue weighted by atomic mass is 9.59. The maximum atomic E-state index is 13.3. The molecule has 0 heterocycles. The Morgan fingerprint density at radius 2 is 1.64 bits per heavy atom. The highest BCUT2D eigenvalue weighted by molar-refractivity contribution is 5.00. The van der Waals surface area contributed by atoms with Crippen LogP contribution in [0.5, 0.6) is 0 Å². The van der Waals surface area contributed by atoms with Gasteiger partial charge in [-0.2, -0.15) is 13.2 Å². The molecule has 0 radical (unpaired) electrons. The van der Waals surface area contributed by atoms with Crippen LogP contribution in [-0.2, 0) is 0 Å². The molecule has 6 atom stereocenters. The Hall–Kier alpha value is -1.67. The summed E-state index contributed by atoms with van der Waals surface area (Å²) in [5.74, 6) is -1.84. The first kappa shape index (κ1) is 19.7. The van der Waals surface area contributed by atoms with E-state index in [0.717, 1.165) is 0 Å². The van der Waals surface area contributed by atoms with E-state index in [-0.39, 0.29) is 30.6 Å². The zero-order valence-electron chi connectivity index (χ0n) is 13.8. The lowest BCUT2D eigenvalue weighted by molar-refractivity contribution is -0.283. The molecular formula is C14H21F3N6O2. The average Bonchev–Trinajstić information content (AvgIpc) is 2.52. The average molecular weight is 362 g/mol. The molecule has 0 saturated heterocycles. The minimum Gasteiger partial charge on any atom is -0.384 e. The predicted molar refractivity (Wildman–Crippen MR) is 81.6 cm³/mol. The van der Waals surface area contributed by atoms with Crippen molar-refractivity contribution in [3.05, 3.63) is 20.9 Å². The van der Waals surface area contributed by atoms with Crippen molar-refractivity contribution >= 4 is 0 Å². The molecule has 2 aliphatic carbocycles. The van der Waals surface area contributed by atoms with Crippen LogP contribution in [0, 0.1) is 23.7 Å². The first-order valence-corrected chi connectivity index (χ1v) is 8.20. The summed E-state index contributed by atoms with van der Waals surface area (Å²) in [5, 5.41) is 26.5. The number of fused-ring (bicyclic) bond motifs is 1. The van der Waals surface area contributed by atoms with Crippen molar-refractivity contribution in [3.63, 3.8) is 0 Å². The van der Waals surface area contributed by atoms with Gasteiger partial charge in [-0.05, 0) is 66.5 Å². The normalized spacial score (nSPS) is 34.5. The number of hydrogen-bond donors (Lipinski definition) is 2. The van der Waals surface area contributed by atoms with E-state index in [1.807, 2.05) is 0 Å². The molecule has 0 aliphatic heterocycles. The second kappa shape index (κ2) is 6.92. The molecule has 0 spiro atoms. The molecule has 0 aromatic heterocycles. The minimum absolute atomic E-state index is 0.0129. The van der Waals surface area contributed by atoms with Crippen molar-refractivity contribution in [2.45, 2.75) is 63.1 Å². The third kappa shape index (κ3) is 3.64. The van der Waals surface area contributed by atoms with Gasteiger partial charge in [0.1, 0.15) is 5.72 Å². The SMILES string of the molecule is CC(O)(N=[N+]=[N-])C1CCCC2CC(C(O)(N=[N+]=[N-])C(F)(F)F)CCC21. The van der Waals surface area contributed by atoms with Gasteiger partial charge in [-0.1, -0.05) is 18.0 Å². The zero-order chi connectivity index (χ0) is 18.9. The summed E-state index contributed by atoms with van der Waals surface area (Å²) < 4.78 is 39.8. The smallest absolute Gasteiger partial charge is 0.384 e. The molecule has 2 rings (SSSR count). The van der Waals surface area contributed by atoms with Gasteiger partial charge >= 0.3 is 6.18 Å². The van der Waals surface area contributed by atoms with Crippen LogP contribution in [0.3, 0.4) is 0 Å². The number of hydrogen-bond acceptors (Lipinski definition) is 4. The highest BCUT2D eigenvalue weighted by atomic mass is 19.4. The van der Waals surface area contributed by atoms with E-state index in [0.29, 0.717) is 25.7 Å². The van der Waals surface area contributed by atoms with Crippen molar-refractivity contribution in [2.75, 3.05) is 0 Å². The summed E-state index contributed by atoms with van der Waals surface area (Å²) >= 11 is 0. The first-order chi connectivity index (χ1) is 11.6. The summed E-state index contributed by atoms with van der Waals surface area (Å²) in [6.07, 6.45) is -2.70. The van der Waals surface area contributed by atoms with E-state index >= 15 is 0 Å². The van der Waals surface area contributed by atoms with Gasteiger partial charge < -0.3 is 10.2 Å². The van der Waals surface area contributed by atoms with Crippen LogP contribution in [0.4, 0.5) is 13.2 Å². The van der Waals surface area contributed by atoms with Crippen LogP contribution in [-0.4, -0.2) is 27.8 Å². The molecule has 8 nitrogen and oxygen atoms in total. The molecular weight excluding hydrogens is 341 g/mol. The van der Waals surface area contributed by atoms with Crippen molar-refractivity contribution in [2.24, 2.45) is 33.9 Å². The molecule has 0 aromatic carbocycles. The summed E-state index contributed by atoms with van der Waals surface area (Å²) in [7, 11) is 0. The number of azide groups is 2. The van der Waals surface area contributed by atoms with Crippen molar-refractivity contribution in [3.8, 4) is 0 Å². The van der Waals surface area contributed by atoms with Gasteiger partial charge in [0.25, 0.3) is 0 Å². The van der Waals surface area contributed by atoms with Crippen molar-refractivity contribution < 1.29 is 23.4 Å². The molecule has 25 heavy (non-hydrogen) atoms. The van der Waals surface area contributed by atoms with Gasteiger partial charge in [-0.15, -0.1) is 0 Å². The Bertz CT molecular complexity index is 600. The Morgan fingerprint density at radius 1 is 1.00 bits per heavy atom. The largest absolute Gasteiger partial charge is 0.423 e. The Morgan fingerprint density at radius 3 is 2.20 bits per heavy atom. The summed E-state index contributed by atoms with van der Waals surface area (Å²) in [6.45, 7) is 1.41. The molecule has 11 heteroatoms. The van der Waals surface area contributed by atoms with Crippen LogP contribution >= 0.6 is 0 Å². The quantitative estimate of drug-likeness (QED) is 0.435. The fourth-order valence-electron chi connectivity index (χ4n) is 4.61. The molecule has 2 saturated carbocycles. The fraction of sp³-hybridized carbons (Fsp3) is 1.00.